The second kappa shape index (κ2) is 23.7. The van der Waals surface area contributed by atoms with Crippen molar-refractivity contribution in [3.8, 4) is 72.7 Å². The summed E-state index contributed by atoms with van der Waals surface area (Å²) in [6, 6.07) is 132. The minimum atomic E-state index is -0.237. The average Bonchev–Trinajstić information content (AvgIpc) is 1.27. The van der Waals surface area contributed by atoms with Crippen molar-refractivity contribution < 1.29 is 4.42 Å². The summed E-state index contributed by atoms with van der Waals surface area (Å²) in [4.78, 5) is 5.12. The molecule has 4 aromatic heterocycles. The van der Waals surface area contributed by atoms with Gasteiger partial charge in [0, 0.05) is 86.6 Å². The number of anilines is 3. The number of fused-ring (bicyclic) bond motifs is 17. The Hall–Kier alpha value is -13.1. The molecule has 22 rings (SSSR count). The van der Waals surface area contributed by atoms with Gasteiger partial charge >= 0.3 is 0 Å². The molecule has 2 aliphatic rings. The minimum Gasteiger partial charge on any atom is -0.456 e. The highest BCUT2D eigenvalue weighted by atomic mass is 32.2. The fraction of sp³-hybridized carbons (Fsp3) is 0.0400. The van der Waals surface area contributed by atoms with Gasteiger partial charge in [0.15, 0.2) is 0 Å². The first-order valence-corrected chi connectivity index (χ1v) is 37.9. The van der Waals surface area contributed by atoms with Crippen LogP contribution in [-0.2, 0) is 5.41 Å². The van der Waals surface area contributed by atoms with Crippen LogP contribution in [0.4, 0.5) is 17.1 Å². The maximum absolute atomic E-state index is 7.07. The van der Waals surface area contributed by atoms with Gasteiger partial charge in [-0.15, -0.1) is 0 Å². The SMILES string of the molecule is CC(C)(C)c1cc(-c2ccccc2)c(N2c3cc(-n4c5ccccc5c5ccc(-c6ccccc6)cc54)ccc3B3c4ccc5oc6ccc(-c7ccccc7)cc6c5c4Sc4cc(-c5c(-n6c7ccccc7c7ccccc76)cccc5-n5c6ccccc6c6ccccc65)cc2c43)c(-c2ccccc2)c1. The van der Waals surface area contributed by atoms with E-state index in [1.54, 1.807) is 0 Å². The van der Waals surface area contributed by atoms with Gasteiger partial charge in [0.25, 0.3) is 0 Å². The molecule has 0 bridgehead atoms. The molecule has 0 N–H and O–H groups in total. The fourth-order valence-corrected chi connectivity index (χ4v) is 19.3. The molecule has 20 aromatic rings. The molecule has 0 spiro atoms. The van der Waals surface area contributed by atoms with E-state index in [4.69, 9.17) is 4.42 Å². The lowest BCUT2D eigenvalue weighted by atomic mass is 9.34. The Bertz CT molecular complexity index is 6780. The maximum atomic E-state index is 7.07. The van der Waals surface area contributed by atoms with E-state index in [9.17, 15) is 0 Å². The lowest BCUT2D eigenvalue weighted by Gasteiger charge is -2.42. The average molecular weight is 1380 g/mol. The molecule has 6 heterocycles. The maximum Gasteiger partial charge on any atom is 0.249 e. The first-order chi connectivity index (χ1) is 52.7. The first-order valence-electron chi connectivity index (χ1n) is 37.1. The highest BCUT2D eigenvalue weighted by Gasteiger charge is 2.44. The van der Waals surface area contributed by atoms with Crippen molar-refractivity contribution in [2.75, 3.05) is 4.90 Å². The van der Waals surface area contributed by atoms with Gasteiger partial charge in [-0.3, -0.25) is 0 Å². The summed E-state index contributed by atoms with van der Waals surface area (Å²) in [7, 11) is 0. The predicted octanol–water partition coefficient (Wildman–Crippen LogP) is 25.3. The quantitative estimate of drug-likeness (QED) is 0.135. The number of nitrogens with zero attached hydrogens (tertiary/aromatic N) is 4. The van der Waals surface area contributed by atoms with Crippen LogP contribution in [0.2, 0.25) is 0 Å². The van der Waals surface area contributed by atoms with Gasteiger partial charge in [0.2, 0.25) is 6.71 Å². The van der Waals surface area contributed by atoms with E-state index in [2.05, 4.69) is 391 Å². The van der Waals surface area contributed by atoms with Crippen molar-refractivity contribution >= 4 is 139 Å². The number of aromatic nitrogens is 3. The third kappa shape index (κ3) is 9.40. The summed E-state index contributed by atoms with van der Waals surface area (Å²) in [5.74, 6) is 0. The Balaban J connectivity index is 0.922. The molecule has 107 heavy (non-hydrogen) atoms. The number of benzene rings is 16. The van der Waals surface area contributed by atoms with Crippen LogP contribution in [0, 0.1) is 0 Å². The van der Waals surface area contributed by atoms with Crippen molar-refractivity contribution in [3.05, 3.63) is 357 Å². The zero-order valence-electron chi connectivity index (χ0n) is 59.2. The zero-order chi connectivity index (χ0) is 70.8. The second-order valence-corrected chi connectivity index (χ2v) is 30.9. The molecule has 0 saturated carbocycles. The summed E-state index contributed by atoms with van der Waals surface area (Å²) in [6.07, 6.45) is 0. The van der Waals surface area contributed by atoms with E-state index in [1.165, 1.54) is 80.8 Å². The van der Waals surface area contributed by atoms with Crippen LogP contribution in [0.5, 0.6) is 0 Å². The molecule has 0 saturated heterocycles. The van der Waals surface area contributed by atoms with Crippen LogP contribution >= 0.6 is 11.8 Å². The van der Waals surface area contributed by atoms with Gasteiger partial charge in [0.05, 0.1) is 50.2 Å². The molecule has 0 aliphatic carbocycles. The van der Waals surface area contributed by atoms with Crippen LogP contribution in [0.3, 0.4) is 0 Å². The van der Waals surface area contributed by atoms with Crippen molar-refractivity contribution in [2.45, 2.75) is 36.0 Å². The molecule has 0 fully saturated rings. The standard InChI is InChI=1S/C100H67BN4OS/c1-100(2,3)69-59-77(64-31-12-6-13-32-64)98(78(60-69)65-33-14-7-15-34-65)105-90-61-70(102-82-40-21-16-39-75(82)76-50-47-67(56-89(76)102)63-29-10-5-11-30-63)49-51-80(90)101-81-52-54-93-96(79-55-66(48-53-92(79)106-93)62-27-8-4-9-28-62)99(81)107-94-58-68(57-91(105)97(94)101)95-87(103-83-41-22-17-35-71(83)72-36-18-23-42-84(72)103)45-26-46-88(95)104-85-43-24-19-37-73(85)74-38-20-25-44-86(74)104/h4-61H,1-3H3. The van der Waals surface area contributed by atoms with Gasteiger partial charge in [0.1, 0.15) is 11.2 Å². The highest BCUT2D eigenvalue weighted by Crippen LogP contribution is 2.55. The van der Waals surface area contributed by atoms with E-state index < -0.39 is 0 Å². The van der Waals surface area contributed by atoms with Gasteiger partial charge in [-0.2, -0.15) is 0 Å². The molecule has 0 atom stereocenters. The van der Waals surface area contributed by atoms with Crippen LogP contribution < -0.4 is 21.3 Å². The number of furan rings is 1. The normalized spacial score (nSPS) is 12.7. The Kier molecular flexibility index (Phi) is 13.6. The highest BCUT2D eigenvalue weighted by molar-refractivity contribution is 8.00. The van der Waals surface area contributed by atoms with Crippen molar-refractivity contribution in [1.29, 1.82) is 0 Å². The largest absolute Gasteiger partial charge is 0.456 e. The van der Waals surface area contributed by atoms with E-state index in [0.29, 0.717) is 0 Å². The predicted molar refractivity (Wildman–Crippen MR) is 453 cm³/mol. The summed E-state index contributed by atoms with van der Waals surface area (Å²) in [5, 5.41) is 9.47. The number of para-hydroxylation sites is 5. The topological polar surface area (TPSA) is 31.2 Å². The van der Waals surface area contributed by atoms with Gasteiger partial charge in [-0.25, -0.2) is 0 Å². The summed E-state index contributed by atoms with van der Waals surface area (Å²) in [6.45, 7) is 6.83. The van der Waals surface area contributed by atoms with E-state index >= 15 is 0 Å². The van der Waals surface area contributed by atoms with Crippen molar-refractivity contribution in [2.24, 2.45) is 0 Å². The van der Waals surface area contributed by atoms with Crippen LogP contribution in [-0.4, -0.2) is 20.4 Å². The van der Waals surface area contributed by atoms with Gasteiger partial charge in [-0.05, 0) is 164 Å². The molecule has 0 unspecified atom stereocenters. The van der Waals surface area contributed by atoms with Crippen LogP contribution in [0.25, 0.3) is 160 Å². The Labute approximate surface area is 624 Å². The Morgan fingerprint density at radius 2 is 0.766 bits per heavy atom. The molecule has 16 aromatic carbocycles. The molecular formula is C100H67BN4OS. The van der Waals surface area contributed by atoms with E-state index in [1.807, 2.05) is 11.8 Å². The molecule has 7 heteroatoms. The molecule has 5 nitrogen and oxygen atoms in total. The third-order valence-electron chi connectivity index (χ3n) is 22.8. The minimum absolute atomic E-state index is 0.220. The molecule has 0 amide bonds. The second-order valence-electron chi connectivity index (χ2n) is 29.8. The number of hydrogen-bond acceptors (Lipinski definition) is 3. The van der Waals surface area contributed by atoms with E-state index in [0.717, 1.165) is 128 Å². The number of hydrogen-bond donors (Lipinski definition) is 0. The Morgan fingerprint density at radius 3 is 1.30 bits per heavy atom. The third-order valence-corrected chi connectivity index (χ3v) is 24.0. The monoisotopic (exact) mass is 1380 g/mol. The fourth-order valence-electron chi connectivity index (χ4n) is 18.0. The molecule has 2 aliphatic heterocycles. The lowest BCUT2D eigenvalue weighted by Crippen LogP contribution is -2.60. The zero-order valence-corrected chi connectivity index (χ0v) is 60.0. The molecule has 0 radical (unpaired) electrons. The van der Waals surface area contributed by atoms with Crippen LogP contribution in [0.1, 0.15) is 26.3 Å². The summed E-state index contributed by atoms with van der Waals surface area (Å²) in [5.41, 5.74) is 31.4. The van der Waals surface area contributed by atoms with Crippen LogP contribution in [0.15, 0.2) is 366 Å². The van der Waals surface area contributed by atoms with Crippen molar-refractivity contribution in [3.63, 3.8) is 0 Å². The first kappa shape index (κ1) is 61.4. The number of rotatable bonds is 9. The summed E-state index contributed by atoms with van der Waals surface area (Å²) >= 11 is 1.90. The lowest BCUT2D eigenvalue weighted by molar-refractivity contribution is 0.591. The van der Waals surface area contributed by atoms with E-state index in [-0.39, 0.29) is 12.1 Å². The molecule has 502 valence electrons. The summed E-state index contributed by atoms with van der Waals surface area (Å²) < 4.78 is 14.7. The van der Waals surface area contributed by atoms with Gasteiger partial charge in [-0.1, -0.05) is 287 Å². The molecular weight excluding hydrogens is 1320 g/mol. The van der Waals surface area contributed by atoms with Crippen molar-refractivity contribution in [1.82, 2.24) is 13.7 Å². The Morgan fingerprint density at radius 1 is 0.308 bits per heavy atom. The smallest absolute Gasteiger partial charge is 0.249 e. The van der Waals surface area contributed by atoms with Gasteiger partial charge < -0.3 is 23.0 Å².